The second-order valence-corrected chi connectivity index (χ2v) is 14.4. The van der Waals surface area contributed by atoms with Crippen molar-refractivity contribution in [1.82, 2.24) is 10.0 Å². The molecule has 40 heavy (non-hydrogen) atoms. The van der Waals surface area contributed by atoms with Crippen LogP contribution in [0.15, 0.2) is 59.5 Å². The topological polar surface area (TPSA) is 167 Å². The second-order valence-electron chi connectivity index (χ2n) is 10.6. The number of carbonyl (C=O) groups excluding carboxylic acids is 1. The number of aliphatic hydroxyl groups is 1. The maximum Gasteiger partial charge on any atom is 0.306 e. The fourth-order valence-corrected chi connectivity index (χ4v) is 7.48. The van der Waals surface area contributed by atoms with Crippen LogP contribution >= 0.6 is 0 Å². The Morgan fingerprint density at radius 2 is 1.65 bits per heavy atom. The first-order valence-electron chi connectivity index (χ1n) is 12.9. The van der Waals surface area contributed by atoms with Gasteiger partial charge in [-0.3, -0.25) is 9.59 Å². The van der Waals surface area contributed by atoms with Gasteiger partial charge in [0.2, 0.25) is 15.9 Å². The summed E-state index contributed by atoms with van der Waals surface area (Å²) in [7, 11) is -8.28. The molecule has 3 rings (SSSR count). The third-order valence-electron chi connectivity index (χ3n) is 7.11. The lowest BCUT2D eigenvalue weighted by Gasteiger charge is -2.29. The number of nitrogens with one attached hydrogen (secondary N) is 2. The molecule has 0 bridgehead atoms. The van der Waals surface area contributed by atoms with Gasteiger partial charge < -0.3 is 15.5 Å². The Hall–Kier alpha value is -2.87. The minimum atomic E-state index is -4.23. The van der Waals surface area contributed by atoms with Gasteiger partial charge in [-0.05, 0) is 67.3 Å². The maximum absolute atomic E-state index is 13.4. The van der Waals surface area contributed by atoms with Crippen molar-refractivity contribution in [2.24, 2.45) is 17.8 Å². The lowest BCUT2D eigenvalue weighted by atomic mass is 9.87. The summed E-state index contributed by atoms with van der Waals surface area (Å²) in [5.41, 5.74) is 0.744. The number of sulfonamides is 1. The number of carbonyl (C=O) groups is 2. The van der Waals surface area contributed by atoms with Crippen molar-refractivity contribution in [2.75, 3.05) is 12.0 Å². The van der Waals surface area contributed by atoms with Gasteiger partial charge in [-0.2, -0.15) is 0 Å². The van der Waals surface area contributed by atoms with E-state index in [9.17, 15) is 41.0 Å². The number of hydrogen-bond acceptors (Lipinski definition) is 7. The van der Waals surface area contributed by atoms with Crippen LogP contribution in [0.5, 0.6) is 0 Å². The molecule has 0 heterocycles. The number of amides is 1. The zero-order valence-electron chi connectivity index (χ0n) is 22.2. The molecule has 10 nitrogen and oxygen atoms in total. The van der Waals surface area contributed by atoms with Gasteiger partial charge in [0, 0.05) is 0 Å². The summed E-state index contributed by atoms with van der Waals surface area (Å²) in [6.07, 6.45) is 0.856. The Morgan fingerprint density at radius 1 is 1.02 bits per heavy atom. The first kappa shape index (κ1) is 31.7. The molecule has 1 amide bonds. The predicted molar refractivity (Wildman–Crippen MR) is 146 cm³/mol. The molecule has 220 valence electrons. The molecular formula is C27H35FN2O8S2. The number of rotatable bonds is 13. The highest BCUT2D eigenvalue weighted by Gasteiger charge is 2.40. The van der Waals surface area contributed by atoms with E-state index in [1.54, 1.807) is 30.3 Å². The summed E-state index contributed by atoms with van der Waals surface area (Å²) in [4.78, 5) is 24.9. The molecule has 1 saturated carbocycles. The fraction of sp³-hybridized carbons (Fsp3) is 0.481. The molecule has 1 aliphatic rings. The largest absolute Gasteiger partial charge is 0.481 e. The van der Waals surface area contributed by atoms with Crippen molar-refractivity contribution in [3.05, 3.63) is 66.0 Å². The number of aliphatic carboxylic acids is 1. The van der Waals surface area contributed by atoms with E-state index in [0.717, 1.165) is 36.1 Å². The molecule has 2 aromatic rings. The van der Waals surface area contributed by atoms with Gasteiger partial charge in [-0.15, -0.1) is 0 Å². The van der Waals surface area contributed by atoms with E-state index in [0.29, 0.717) is 12.8 Å². The smallest absolute Gasteiger partial charge is 0.306 e. The number of halogens is 1. The Balaban J connectivity index is 1.86. The van der Waals surface area contributed by atoms with Crippen LogP contribution in [0, 0.1) is 23.6 Å². The predicted octanol–water partition coefficient (Wildman–Crippen LogP) is 1.74. The molecule has 0 radical (unpaired) electrons. The van der Waals surface area contributed by atoms with Crippen molar-refractivity contribution in [1.29, 1.82) is 0 Å². The van der Waals surface area contributed by atoms with E-state index in [1.807, 2.05) is 11.6 Å². The highest BCUT2D eigenvalue weighted by Crippen LogP contribution is 2.39. The van der Waals surface area contributed by atoms with Crippen LogP contribution in [0.4, 0.5) is 4.39 Å². The second kappa shape index (κ2) is 13.2. The number of carboxylic acid groups (broad SMARTS) is 1. The van der Waals surface area contributed by atoms with Crippen LogP contribution in [0.2, 0.25) is 0 Å². The van der Waals surface area contributed by atoms with Crippen molar-refractivity contribution in [3.8, 4) is 0 Å². The maximum atomic E-state index is 13.4. The molecule has 6 atom stereocenters. The SMILES string of the molecule is CC1CC(CC(O)C(Cc2ccccc2)NC(=O)C(CS(=O)(=O)c2ccc(F)cc2)NS(C)(=O)=O)C(C(=O)O)C1. The molecule has 0 aromatic heterocycles. The minimum Gasteiger partial charge on any atom is -0.481 e. The van der Waals surface area contributed by atoms with E-state index in [1.165, 1.54) is 0 Å². The summed E-state index contributed by atoms with van der Waals surface area (Å²) in [6.45, 7) is 1.94. The van der Waals surface area contributed by atoms with Gasteiger partial charge >= 0.3 is 5.97 Å². The van der Waals surface area contributed by atoms with E-state index in [4.69, 9.17) is 0 Å². The van der Waals surface area contributed by atoms with Gasteiger partial charge in [0.05, 0.1) is 35.0 Å². The molecule has 0 spiro atoms. The molecule has 1 aliphatic carbocycles. The van der Waals surface area contributed by atoms with E-state index in [2.05, 4.69) is 5.32 Å². The zero-order chi connectivity index (χ0) is 29.7. The molecule has 1 fully saturated rings. The van der Waals surface area contributed by atoms with E-state index < -0.39 is 67.4 Å². The Morgan fingerprint density at radius 3 is 2.23 bits per heavy atom. The monoisotopic (exact) mass is 598 g/mol. The normalized spacial score (nSPS) is 21.9. The number of benzene rings is 2. The lowest BCUT2D eigenvalue weighted by Crippen LogP contribution is -2.55. The summed E-state index contributed by atoms with van der Waals surface area (Å²) in [6, 6.07) is 10.0. The quantitative estimate of drug-likeness (QED) is 0.253. The van der Waals surface area contributed by atoms with Crippen molar-refractivity contribution in [2.45, 2.75) is 55.7 Å². The third kappa shape index (κ3) is 9.08. The first-order valence-corrected chi connectivity index (χ1v) is 16.4. The highest BCUT2D eigenvalue weighted by molar-refractivity contribution is 7.91. The molecular weight excluding hydrogens is 563 g/mol. The van der Waals surface area contributed by atoms with E-state index >= 15 is 0 Å². The molecule has 0 aliphatic heterocycles. The standard InChI is InChI=1S/C27H35FN2O8S2/c1-17-12-19(22(13-17)27(33)34)15-25(31)23(14-18-6-4-3-5-7-18)29-26(32)24(30-39(2,35)36)16-40(37,38)21-10-8-20(28)9-11-21/h3-11,17,19,22-25,30-31H,12-16H2,1-2H3,(H,29,32)(H,33,34). The Labute approximate surface area is 234 Å². The van der Waals surface area contributed by atoms with Crippen LogP contribution in [-0.4, -0.2) is 69.1 Å². The van der Waals surface area contributed by atoms with Gasteiger partial charge in [-0.25, -0.2) is 25.9 Å². The van der Waals surface area contributed by atoms with E-state index in [-0.39, 0.29) is 29.6 Å². The first-order chi connectivity index (χ1) is 18.6. The minimum absolute atomic E-state index is 0.0805. The average Bonchev–Trinajstić information content (AvgIpc) is 3.23. The van der Waals surface area contributed by atoms with Gasteiger partial charge in [-0.1, -0.05) is 37.3 Å². The number of sulfone groups is 1. The Kier molecular flexibility index (Phi) is 10.4. The van der Waals surface area contributed by atoms with Gasteiger partial charge in [0.1, 0.15) is 11.9 Å². The Bertz CT molecular complexity index is 1390. The molecule has 4 N–H and O–H groups in total. The van der Waals surface area contributed by atoms with Gasteiger partial charge in [0.15, 0.2) is 9.84 Å². The summed E-state index contributed by atoms with van der Waals surface area (Å²) >= 11 is 0. The molecule has 13 heteroatoms. The number of hydrogen-bond donors (Lipinski definition) is 4. The summed E-state index contributed by atoms with van der Waals surface area (Å²) < 4.78 is 65.4. The van der Waals surface area contributed by atoms with Crippen molar-refractivity contribution in [3.63, 3.8) is 0 Å². The lowest BCUT2D eigenvalue weighted by molar-refractivity contribution is -0.143. The van der Waals surface area contributed by atoms with Crippen LogP contribution in [0.25, 0.3) is 0 Å². The number of aliphatic hydroxyl groups excluding tert-OH is 1. The number of carboxylic acids is 1. The molecule has 0 saturated heterocycles. The van der Waals surface area contributed by atoms with Crippen LogP contribution < -0.4 is 10.0 Å². The van der Waals surface area contributed by atoms with Crippen LogP contribution in [0.3, 0.4) is 0 Å². The highest BCUT2D eigenvalue weighted by atomic mass is 32.2. The van der Waals surface area contributed by atoms with Crippen LogP contribution in [0.1, 0.15) is 31.7 Å². The zero-order valence-corrected chi connectivity index (χ0v) is 23.9. The summed E-state index contributed by atoms with van der Waals surface area (Å²) in [5, 5.41) is 23.5. The molecule has 6 unspecified atom stereocenters. The molecule has 2 aromatic carbocycles. The average molecular weight is 599 g/mol. The van der Waals surface area contributed by atoms with Crippen molar-refractivity contribution >= 4 is 31.7 Å². The van der Waals surface area contributed by atoms with Gasteiger partial charge in [0.25, 0.3) is 0 Å². The van der Waals surface area contributed by atoms with Crippen LogP contribution in [-0.2, 0) is 35.9 Å². The fourth-order valence-electron chi connectivity index (χ4n) is 5.25. The van der Waals surface area contributed by atoms with Crippen molar-refractivity contribution < 1.29 is 41.0 Å². The third-order valence-corrected chi connectivity index (χ3v) is 9.59. The summed E-state index contributed by atoms with van der Waals surface area (Å²) in [5.74, 6) is -4.37.